The number of nitriles is 1. The Balaban J connectivity index is 1.27. The van der Waals surface area contributed by atoms with Gasteiger partial charge in [0.25, 0.3) is 0 Å². The van der Waals surface area contributed by atoms with Crippen LogP contribution in [0.5, 0.6) is 5.88 Å². The van der Waals surface area contributed by atoms with E-state index in [9.17, 15) is 9.18 Å². The molecule has 0 spiro atoms. The van der Waals surface area contributed by atoms with Crippen LogP contribution in [-0.2, 0) is 4.79 Å². The number of hydrogen-bond donors (Lipinski definition) is 0. The minimum absolute atomic E-state index is 0.0370. The van der Waals surface area contributed by atoms with Crippen molar-refractivity contribution >= 4 is 23.3 Å². The smallest absolute Gasteiger partial charge is 0.225 e. The van der Waals surface area contributed by atoms with Crippen LogP contribution >= 0.6 is 11.6 Å². The first-order chi connectivity index (χ1) is 18.4. The molecule has 7 nitrogen and oxygen atoms in total. The number of nitrogens with zero attached hydrogens (tertiary/aromatic N) is 5. The van der Waals surface area contributed by atoms with Gasteiger partial charge in [-0.05, 0) is 55.7 Å². The molecule has 2 fully saturated rings. The van der Waals surface area contributed by atoms with E-state index in [1.807, 2.05) is 42.2 Å². The largest absolute Gasteiger partial charge is 0.474 e. The van der Waals surface area contributed by atoms with Gasteiger partial charge in [-0.3, -0.25) is 4.79 Å². The quantitative estimate of drug-likeness (QED) is 0.440. The zero-order valence-electron chi connectivity index (χ0n) is 21.1. The highest BCUT2D eigenvalue weighted by atomic mass is 35.5. The van der Waals surface area contributed by atoms with Gasteiger partial charge in [-0.15, -0.1) is 0 Å². The number of benzene rings is 1. The molecular weight excluding hydrogens is 505 g/mol. The minimum atomic E-state index is -0.414. The molecule has 2 aliphatic heterocycles. The highest BCUT2D eigenvalue weighted by Crippen LogP contribution is 2.38. The number of anilines is 1. The van der Waals surface area contributed by atoms with Crippen molar-refractivity contribution in [3.63, 3.8) is 0 Å². The van der Waals surface area contributed by atoms with Gasteiger partial charge in [0, 0.05) is 61.2 Å². The molecule has 0 bridgehead atoms. The number of aromatic nitrogens is 2. The molecule has 3 aromatic rings. The van der Waals surface area contributed by atoms with Crippen LogP contribution in [0.1, 0.15) is 36.8 Å². The zero-order chi connectivity index (χ0) is 26.6. The molecule has 0 radical (unpaired) electrons. The summed E-state index contributed by atoms with van der Waals surface area (Å²) in [4.78, 5) is 26.2. The topological polar surface area (TPSA) is 82.4 Å². The van der Waals surface area contributed by atoms with E-state index >= 15 is 0 Å². The Hall–Kier alpha value is -3.70. The second-order valence-corrected chi connectivity index (χ2v) is 10.4. The van der Waals surface area contributed by atoms with Crippen LogP contribution in [0.25, 0.3) is 0 Å². The number of halogens is 2. The number of carbonyl (C=O) groups is 1. The van der Waals surface area contributed by atoms with E-state index in [0.29, 0.717) is 29.6 Å². The summed E-state index contributed by atoms with van der Waals surface area (Å²) >= 11 is 6.14. The monoisotopic (exact) mass is 533 g/mol. The van der Waals surface area contributed by atoms with Crippen LogP contribution < -0.4 is 9.64 Å². The minimum Gasteiger partial charge on any atom is -0.474 e. The van der Waals surface area contributed by atoms with Crippen molar-refractivity contribution in [2.45, 2.75) is 31.8 Å². The third-order valence-corrected chi connectivity index (χ3v) is 7.88. The summed E-state index contributed by atoms with van der Waals surface area (Å²) in [7, 11) is 0. The van der Waals surface area contributed by atoms with E-state index in [4.69, 9.17) is 21.6 Å². The van der Waals surface area contributed by atoms with E-state index in [1.54, 1.807) is 12.3 Å². The van der Waals surface area contributed by atoms with E-state index in [2.05, 4.69) is 20.9 Å². The van der Waals surface area contributed by atoms with Gasteiger partial charge in [0.2, 0.25) is 11.8 Å². The Morgan fingerprint density at radius 1 is 1.08 bits per heavy atom. The summed E-state index contributed by atoms with van der Waals surface area (Å²) in [5.74, 6) is 1.02. The maximum atomic E-state index is 13.7. The highest BCUT2D eigenvalue weighted by molar-refractivity contribution is 6.30. The molecule has 4 heterocycles. The predicted molar refractivity (Wildman–Crippen MR) is 142 cm³/mol. The Labute approximate surface area is 226 Å². The molecular formula is C29H29ClFN5O2. The average molecular weight is 534 g/mol. The Bertz CT molecular complexity index is 1290. The maximum absolute atomic E-state index is 13.7. The molecule has 3 atom stereocenters. The van der Waals surface area contributed by atoms with Crippen molar-refractivity contribution in [3.8, 4) is 11.9 Å². The summed E-state index contributed by atoms with van der Waals surface area (Å²) in [5.41, 5.74) is 1.64. The Morgan fingerprint density at radius 3 is 2.47 bits per heavy atom. The number of pyridine rings is 2. The van der Waals surface area contributed by atoms with Gasteiger partial charge >= 0.3 is 0 Å². The molecule has 0 saturated carbocycles. The summed E-state index contributed by atoms with van der Waals surface area (Å²) in [6, 6.07) is 16.3. The number of amides is 1. The fourth-order valence-corrected chi connectivity index (χ4v) is 5.64. The van der Waals surface area contributed by atoms with Crippen molar-refractivity contribution in [2.75, 3.05) is 31.1 Å². The normalized spacial score (nSPS) is 20.7. The van der Waals surface area contributed by atoms with Crippen molar-refractivity contribution in [1.82, 2.24) is 14.9 Å². The summed E-state index contributed by atoms with van der Waals surface area (Å²) in [5, 5.41) is 9.67. The van der Waals surface area contributed by atoms with Gasteiger partial charge in [-0.25, -0.2) is 14.4 Å². The SMILES string of the molecule is C[C@H](Oc1ccc(F)cn1)[C@H]1CN(C(=O)C2CCN(c3ccc(C#N)cn3)CC2)CC1c1ccc(Cl)cc1. The molecule has 1 aromatic carbocycles. The molecule has 1 amide bonds. The first kappa shape index (κ1) is 25.9. The molecule has 2 aromatic heterocycles. The first-order valence-corrected chi connectivity index (χ1v) is 13.2. The van der Waals surface area contributed by atoms with E-state index < -0.39 is 5.82 Å². The fourth-order valence-electron chi connectivity index (χ4n) is 5.51. The molecule has 38 heavy (non-hydrogen) atoms. The van der Waals surface area contributed by atoms with E-state index in [-0.39, 0.29) is 29.8 Å². The van der Waals surface area contributed by atoms with Crippen molar-refractivity contribution in [2.24, 2.45) is 11.8 Å². The molecule has 1 unspecified atom stereocenters. The Kier molecular flexibility index (Phi) is 7.75. The van der Waals surface area contributed by atoms with Gasteiger partial charge in [0.05, 0.1) is 11.8 Å². The van der Waals surface area contributed by atoms with Gasteiger partial charge in [0.1, 0.15) is 23.8 Å². The van der Waals surface area contributed by atoms with Crippen LogP contribution in [0.2, 0.25) is 5.02 Å². The molecule has 0 aliphatic carbocycles. The van der Waals surface area contributed by atoms with Gasteiger partial charge in [0.15, 0.2) is 0 Å². The van der Waals surface area contributed by atoms with Gasteiger partial charge in [-0.2, -0.15) is 5.26 Å². The van der Waals surface area contributed by atoms with Crippen LogP contribution in [0.15, 0.2) is 60.9 Å². The third-order valence-electron chi connectivity index (χ3n) is 7.63. The molecule has 5 rings (SSSR count). The zero-order valence-corrected chi connectivity index (χ0v) is 21.9. The lowest BCUT2D eigenvalue weighted by molar-refractivity contribution is -0.135. The van der Waals surface area contributed by atoms with E-state index in [1.165, 1.54) is 12.1 Å². The summed E-state index contributed by atoms with van der Waals surface area (Å²) in [6.07, 6.45) is 3.98. The van der Waals surface area contributed by atoms with Crippen molar-refractivity contribution in [3.05, 3.63) is 82.9 Å². The van der Waals surface area contributed by atoms with Crippen LogP contribution in [0.3, 0.4) is 0 Å². The average Bonchev–Trinajstić information content (AvgIpc) is 3.40. The second-order valence-electron chi connectivity index (χ2n) is 9.98. The van der Waals surface area contributed by atoms with Crippen molar-refractivity contribution in [1.29, 1.82) is 5.26 Å². The molecule has 2 saturated heterocycles. The summed E-state index contributed by atoms with van der Waals surface area (Å²) < 4.78 is 19.4. The maximum Gasteiger partial charge on any atom is 0.225 e. The number of ether oxygens (including phenoxy) is 1. The lowest BCUT2D eigenvalue weighted by atomic mass is 9.86. The molecule has 9 heteroatoms. The van der Waals surface area contributed by atoms with Crippen LogP contribution in [0, 0.1) is 29.0 Å². The Morgan fingerprint density at radius 2 is 1.84 bits per heavy atom. The van der Waals surface area contributed by atoms with Crippen molar-refractivity contribution < 1.29 is 13.9 Å². The van der Waals surface area contributed by atoms with Crippen LogP contribution in [-0.4, -0.2) is 53.1 Å². The van der Waals surface area contributed by atoms with E-state index in [0.717, 1.165) is 43.5 Å². The number of piperidine rings is 1. The van der Waals surface area contributed by atoms with Gasteiger partial charge in [-0.1, -0.05) is 23.7 Å². The molecule has 2 aliphatic rings. The number of hydrogen-bond acceptors (Lipinski definition) is 6. The predicted octanol–water partition coefficient (Wildman–Crippen LogP) is 5.07. The van der Waals surface area contributed by atoms with Crippen LogP contribution in [0.4, 0.5) is 10.2 Å². The third kappa shape index (κ3) is 5.73. The number of rotatable bonds is 6. The lowest BCUT2D eigenvalue weighted by Gasteiger charge is -2.34. The second kappa shape index (κ2) is 11.4. The fraction of sp³-hybridized carbons (Fsp3) is 0.379. The lowest BCUT2D eigenvalue weighted by Crippen LogP contribution is -2.42. The summed E-state index contributed by atoms with van der Waals surface area (Å²) in [6.45, 7) is 4.64. The molecule has 0 N–H and O–H groups in total. The standard InChI is InChI=1S/C29H29ClFN5O2/c1-19(38-28-9-7-24(31)16-34-28)25-17-36(18-26(25)21-3-5-23(30)6-4-21)29(37)22-10-12-35(13-11-22)27-8-2-20(14-32)15-33-27/h2-9,15-16,19,22,25-26H,10-13,17-18H2,1H3/t19-,25+,26?/m0/s1. The molecule has 196 valence electrons. The highest BCUT2D eigenvalue weighted by Gasteiger charge is 2.42. The van der Waals surface area contributed by atoms with Gasteiger partial charge < -0.3 is 14.5 Å². The number of carbonyl (C=O) groups excluding carboxylic acids is 1. The number of likely N-dealkylation sites (tertiary alicyclic amines) is 1. The first-order valence-electron chi connectivity index (χ1n) is 12.8.